The Bertz CT molecular complexity index is 458. The smallest absolute Gasteiger partial charge is 0.227 e. The molecule has 1 heterocycles. The van der Waals surface area contributed by atoms with Gasteiger partial charge in [-0.3, -0.25) is 9.59 Å². The third-order valence-corrected chi connectivity index (χ3v) is 3.56. The summed E-state index contributed by atoms with van der Waals surface area (Å²) < 4.78 is 0. The maximum atomic E-state index is 12.0. The van der Waals surface area contributed by atoms with Gasteiger partial charge in [0.15, 0.2) is 0 Å². The normalized spacial score (nSPS) is 20.4. The maximum Gasteiger partial charge on any atom is 0.227 e. The van der Waals surface area contributed by atoms with Gasteiger partial charge < -0.3 is 10.2 Å². The molecule has 4 nitrogen and oxygen atoms in total. The SMILES string of the molecule is CC[C@H](C)NC(=O)[C@H]1CC(=O)N(c2ccccc2)C1. The molecule has 19 heavy (non-hydrogen) atoms. The molecule has 1 aromatic rings. The second-order valence-electron chi connectivity index (χ2n) is 5.06. The quantitative estimate of drug-likeness (QED) is 0.899. The van der Waals surface area contributed by atoms with E-state index in [-0.39, 0.29) is 23.8 Å². The number of nitrogens with zero attached hydrogens (tertiary/aromatic N) is 1. The van der Waals surface area contributed by atoms with E-state index in [1.807, 2.05) is 44.2 Å². The molecule has 0 spiro atoms. The number of carbonyl (C=O) groups excluding carboxylic acids is 2. The van der Waals surface area contributed by atoms with Gasteiger partial charge in [0, 0.05) is 24.7 Å². The van der Waals surface area contributed by atoms with Crippen LogP contribution in [0.3, 0.4) is 0 Å². The summed E-state index contributed by atoms with van der Waals surface area (Å²) in [6.45, 7) is 4.48. The molecule has 0 aromatic heterocycles. The van der Waals surface area contributed by atoms with Gasteiger partial charge >= 0.3 is 0 Å². The van der Waals surface area contributed by atoms with E-state index in [0.717, 1.165) is 12.1 Å². The van der Waals surface area contributed by atoms with Gasteiger partial charge in [-0.15, -0.1) is 0 Å². The van der Waals surface area contributed by atoms with Crippen molar-refractivity contribution < 1.29 is 9.59 Å². The monoisotopic (exact) mass is 260 g/mol. The lowest BCUT2D eigenvalue weighted by atomic mass is 10.1. The van der Waals surface area contributed by atoms with Crippen molar-refractivity contribution in [2.75, 3.05) is 11.4 Å². The molecule has 102 valence electrons. The highest BCUT2D eigenvalue weighted by atomic mass is 16.2. The second-order valence-corrected chi connectivity index (χ2v) is 5.06. The zero-order valence-corrected chi connectivity index (χ0v) is 11.4. The molecule has 0 bridgehead atoms. The van der Waals surface area contributed by atoms with Crippen molar-refractivity contribution in [2.45, 2.75) is 32.7 Å². The van der Waals surface area contributed by atoms with Crippen molar-refractivity contribution in [2.24, 2.45) is 5.92 Å². The number of nitrogens with one attached hydrogen (secondary N) is 1. The summed E-state index contributed by atoms with van der Waals surface area (Å²) in [5, 5.41) is 2.95. The maximum absolute atomic E-state index is 12.0. The van der Waals surface area contributed by atoms with Crippen LogP contribution >= 0.6 is 0 Å². The molecule has 1 fully saturated rings. The third kappa shape index (κ3) is 3.13. The summed E-state index contributed by atoms with van der Waals surface area (Å²) in [6, 6.07) is 9.66. The lowest BCUT2D eigenvalue weighted by Crippen LogP contribution is -2.38. The molecule has 0 unspecified atom stereocenters. The van der Waals surface area contributed by atoms with E-state index < -0.39 is 0 Å². The first-order valence-electron chi connectivity index (χ1n) is 6.77. The number of amides is 2. The van der Waals surface area contributed by atoms with Crippen molar-refractivity contribution >= 4 is 17.5 Å². The van der Waals surface area contributed by atoms with Crippen LogP contribution in [0.25, 0.3) is 0 Å². The van der Waals surface area contributed by atoms with Crippen molar-refractivity contribution in [1.82, 2.24) is 5.32 Å². The summed E-state index contributed by atoms with van der Waals surface area (Å²) in [6.07, 6.45) is 1.20. The number of benzene rings is 1. The van der Waals surface area contributed by atoms with E-state index in [0.29, 0.717) is 13.0 Å². The molecule has 1 aliphatic heterocycles. The molecule has 1 aromatic carbocycles. The van der Waals surface area contributed by atoms with Gasteiger partial charge in [0.1, 0.15) is 0 Å². The Kier molecular flexibility index (Phi) is 4.20. The first-order valence-corrected chi connectivity index (χ1v) is 6.77. The van der Waals surface area contributed by atoms with Gasteiger partial charge in [0.2, 0.25) is 11.8 Å². The highest BCUT2D eigenvalue weighted by molar-refractivity contribution is 6.00. The first-order chi connectivity index (χ1) is 9.11. The Morgan fingerprint density at radius 2 is 2.11 bits per heavy atom. The van der Waals surface area contributed by atoms with E-state index >= 15 is 0 Å². The van der Waals surface area contributed by atoms with E-state index in [1.165, 1.54) is 0 Å². The Labute approximate surface area is 113 Å². The number of carbonyl (C=O) groups is 2. The lowest BCUT2D eigenvalue weighted by Gasteiger charge is -2.17. The second kappa shape index (κ2) is 5.87. The molecule has 2 amide bonds. The molecule has 1 N–H and O–H groups in total. The zero-order valence-electron chi connectivity index (χ0n) is 11.4. The summed E-state index contributed by atoms with van der Waals surface area (Å²) in [5.41, 5.74) is 0.867. The molecule has 2 atom stereocenters. The van der Waals surface area contributed by atoms with Crippen LogP contribution in [0, 0.1) is 5.92 Å². The fraction of sp³-hybridized carbons (Fsp3) is 0.467. The van der Waals surface area contributed by atoms with Gasteiger partial charge in [-0.05, 0) is 25.5 Å². The Morgan fingerprint density at radius 3 is 2.74 bits per heavy atom. The van der Waals surface area contributed by atoms with Crippen molar-refractivity contribution in [1.29, 1.82) is 0 Å². The van der Waals surface area contributed by atoms with Gasteiger partial charge in [0.25, 0.3) is 0 Å². The molecule has 0 aliphatic carbocycles. The van der Waals surface area contributed by atoms with Crippen LogP contribution in [0.15, 0.2) is 30.3 Å². The summed E-state index contributed by atoms with van der Waals surface area (Å²) in [5.74, 6) is -0.224. The van der Waals surface area contributed by atoms with Crippen molar-refractivity contribution in [3.8, 4) is 0 Å². The molecule has 1 saturated heterocycles. The number of para-hydroxylation sites is 1. The molecule has 1 aliphatic rings. The average Bonchev–Trinajstić information content (AvgIpc) is 2.82. The largest absolute Gasteiger partial charge is 0.353 e. The lowest BCUT2D eigenvalue weighted by molar-refractivity contribution is -0.126. The number of rotatable bonds is 4. The highest BCUT2D eigenvalue weighted by Gasteiger charge is 2.35. The van der Waals surface area contributed by atoms with Crippen LogP contribution in [0.5, 0.6) is 0 Å². The predicted octanol–water partition coefficient (Wildman–Crippen LogP) is 1.95. The minimum Gasteiger partial charge on any atom is -0.353 e. The van der Waals surface area contributed by atoms with Crippen LogP contribution in [0.4, 0.5) is 5.69 Å². The minimum absolute atomic E-state index is 0.0128. The zero-order chi connectivity index (χ0) is 13.8. The number of hydrogen-bond donors (Lipinski definition) is 1. The number of anilines is 1. The minimum atomic E-state index is -0.235. The molecule has 0 saturated carbocycles. The van der Waals surface area contributed by atoms with E-state index in [1.54, 1.807) is 4.90 Å². The highest BCUT2D eigenvalue weighted by Crippen LogP contribution is 2.24. The number of hydrogen-bond acceptors (Lipinski definition) is 2. The summed E-state index contributed by atoms with van der Waals surface area (Å²) in [4.78, 5) is 25.7. The van der Waals surface area contributed by atoms with Crippen LogP contribution in [-0.4, -0.2) is 24.4 Å². The molecular weight excluding hydrogens is 240 g/mol. The Balaban J connectivity index is 2.02. The first kappa shape index (κ1) is 13.6. The fourth-order valence-electron chi connectivity index (χ4n) is 2.20. The van der Waals surface area contributed by atoms with Gasteiger partial charge in [-0.25, -0.2) is 0 Å². The molecular formula is C15H20N2O2. The summed E-state index contributed by atoms with van der Waals surface area (Å²) >= 11 is 0. The van der Waals surface area contributed by atoms with Crippen LogP contribution in [0.2, 0.25) is 0 Å². The Morgan fingerprint density at radius 1 is 1.42 bits per heavy atom. The van der Waals surface area contributed by atoms with Gasteiger partial charge in [-0.2, -0.15) is 0 Å². The summed E-state index contributed by atoms with van der Waals surface area (Å²) in [7, 11) is 0. The van der Waals surface area contributed by atoms with E-state index in [4.69, 9.17) is 0 Å². The van der Waals surface area contributed by atoms with Crippen LogP contribution < -0.4 is 10.2 Å². The van der Waals surface area contributed by atoms with Crippen LogP contribution in [0.1, 0.15) is 26.7 Å². The van der Waals surface area contributed by atoms with E-state index in [9.17, 15) is 9.59 Å². The third-order valence-electron chi connectivity index (χ3n) is 3.56. The van der Waals surface area contributed by atoms with Gasteiger partial charge in [-0.1, -0.05) is 25.1 Å². The van der Waals surface area contributed by atoms with Crippen molar-refractivity contribution in [3.05, 3.63) is 30.3 Å². The molecule has 4 heteroatoms. The molecule has 2 rings (SSSR count). The Hall–Kier alpha value is -1.84. The average molecular weight is 260 g/mol. The standard InChI is InChI=1S/C15H20N2O2/c1-3-11(2)16-15(19)12-9-14(18)17(10-12)13-7-5-4-6-8-13/h4-8,11-12H,3,9-10H2,1-2H3,(H,16,19)/t11-,12-/m0/s1. The van der Waals surface area contributed by atoms with Crippen molar-refractivity contribution in [3.63, 3.8) is 0 Å². The fourth-order valence-corrected chi connectivity index (χ4v) is 2.20. The van der Waals surface area contributed by atoms with Gasteiger partial charge in [0.05, 0.1) is 5.92 Å². The topological polar surface area (TPSA) is 49.4 Å². The predicted molar refractivity (Wildman–Crippen MR) is 74.8 cm³/mol. The van der Waals surface area contributed by atoms with E-state index in [2.05, 4.69) is 5.32 Å². The molecule has 0 radical (unpaired) electrons. The van der Waals surface area contributed by atoms with Crippen LogP contribution in [-0.2, 0) is 9.59 Å².